The van der Waals surface area contributed by atoms with E-state index in [1.165, 1.54) is 0 Å². The molecule has 0 radical (unpaired) electrons. The highest BCUT2D eigenvalue weighted by Gasteiger charge is 2.04. The number of nitriles is 1. The van der Waals surface area contributed by atoms with Gasteiger partial charge in [-0.2, -0.15) is 5.26 Å². The number of nitrogens with one attached hydrogen (secondary N) is 1. The predicted octanol–water partition coefficient (Wildman–Crippen LogP) is 2.88. The third-order valence-electron chi connectivity index (χ3n) is 2.80. The molecule has 0 saturated carbocycles. The first-order valence-electron chi connectivity index (χ1n) is 5.96. The largest absolute Gasteiger partial charge is 0.497 e. The van der Waals surface area contributed by atoms with E-state index in [9.17, 15) is 0 Å². The van der Waals surface area contributed by atoms with Crippen molar-refractivity contribution in [3.8, 4) is 11.8 Å². The van der Waals surface area contributed by atoms with Crippen molar-refractivity contribution in [2.45, 2.75) is 13.5 Å². The maximum absolute atomic E-state index is 9.07. The summed E-state index contributed by atoms with van der Waals surface area (Å²) in [6.07, 6.45) is 1.83. The van der Waals surface area contributed by atoms with Gasteiger partial charge in [0.25, 0.3) is 0 Å². The molecule has 19 heavy (non-hydrogen) atoms. The lowest BCUT2D eigenvalue weighted by molar-refractivity contribution is 0.415. The molecule has 0 spiro atoms. The zero-order valence-electron chi connectivity index (χ0n) is 11.0. The zero-order valence-corrected chi connectivity index (χ0v) is 11.0. The molecule has 0 atom stereocenters. The van der Waals surface area contributed by atoms with Crippen LogP contribution in [0.5, 0.6) is 5.75 Å². The van der Waals surface area contributed by atoms with Crippen molar-refractivity contribution in [1.82, 2.24) is 4.98 Å². The van der Waals surface area contributed by atoms with Gasteiger partial charge in [0.05, 0.1) is 18.4 Å². The van der Waals surface area contributed by atoms with Crippen LogP contribution in [0.4, 0.5) is 5.69 Å². The minimum atomic E-state index is 0.598. The lowest BCUT2D eigenvalue weighted by Gasteiger charge is -2.10. The zero-order chi connectivity index (χ0) is 13.7. The first kappa shape index (κ1) is 12.9. The molecule has 1 N–H and O–H groups in total. The maximum atomic E-state index is 9.07. The molecule has 0 saturated heterocycles. The summed E-state index contributed by atoms with van der Waals surface area (Å²) in [4.78, 5) is 4.24. The Labute approximate surface area is 112 Å². The van der Waals surface area contributed by atoms with Crippen LogP contribution in [0, 0.1) is 18.3 Å². The van der Waals surface area contributed by atoms with E-state index in [1.807, 2.05) is 31.3 Å². The van der Waals surface area contributed by atoms with Crippen molar-refractivity contribution in [2.24, 2.45) is 0 Å². The van der Waals surface area contributed by atoms with E-state index in [2.05, 4.69) is 16.4 Å². The lowest BCUT2D eigenvalue weighted by Crippen LogP contribution is -2.02. The van der Waals surface area contributed by atoms with Crippen molar-refractivity contribution in [3.63, 3.8) is 0 Å². The first-order valence-corrected chi connectivity index (χ1v) is 5.96. The molecular formula is C15H15N3O. The highest BCUT2D eigenvalue weighted by molar-refractivity contribution is 5.60. The van der Waals surface area contributed by atoms with Gasteiger partial charge >= 0.3 is 0 Å². The molecule has 0 unspecified atom stereocenters. The fraction of sp³-hybridized carbons (Fsp3) is 0.200. The Bertz CT molecular complexity index is 600. The second kappa shape index (κ2) is 5.87. The van der Waals surface area contributed by atoms with Crippen LogP contribution in [0.25, 0.3) is 0 Å². The number of pyridine rings is 1. The number of nitrogens with zero attached hydrogens (tertiary/aromatic N) is 2. The average molecular weight is 253 g/mol. The first-order chi connectivity index (χ1) is 9.22. The van der Waals surface area contributed by atoms with E-state index in [4.69, 9.17) is 10.00 Å². The number of aromatic nitrogens is 1. The van der Waals surface area contributed by atoms with E-state index in [0.29, 0.717) is 12.1 Å². The van der Waals surface area contributed by atoms with Crippen molar-refractivity contribution < 1.29 is 4.74 Å². The number of rotatable bonds is 4. The number of aryl methyl sites for hydroxylation is 1. The summed E-state index contributed by atoms with van der Waals surface area (Å²) in [5.41, 5.74) is 3.42. The molecule has 0 aliphatic rings. The molecule has 0 fully saturated rings. The van der Waals surface area contributed by atoms with Crippen LogP contribution < -0.4 is 10.1 Å². The molecule has 4 nitrogen and oxygen atoms in total. The minimum Gasteiger partial charge on any atom is -0.497 e. The van der Waals surface area contributed by atoms with Crippen molar-refractivity contribution in [1.29, 1.82) is 5.26 Å². The third-order valence-corrected chi connectivity index (χ3v) is 2.80. The van der Waals surface area contributed by atoms with E-state index >= 15 is 0 Å². The lowest BCUT2D eigenvalue weighted by atomic mass is 10.1. The summed E-state index contributed by atoms with van der Waals surface area (Å²) in [6, 6.07) is 11.5. The van der Waals surface area contributed by atoms with Crippen LogP contribution in [-0.4, -0.2) is 12.1 Å². The summed E-state index contributed by atoms with van der Waals surface area (Å²) in [6.45, 7) is 2.57. The molecule has 0 bridgehead atoms. The number of ether oxygens (including phenoxy) is 1. The van der Waals surface area contributed by atoms with Crippen molar-refractivity contribution in [2.75, 3.05) is 12.4 Å². The second-order valence-electron chi connectivity index (χ2n) is 4.18. The number of anilines is 1. The molecule has 0 aliphatic carbocycles. The molecule has 1 heterocycles. The summed E-state index contributed by atoms with van der Waals surface area (Å²) in [5.74, 6) is 0.725. The van der Waals surface area contributed by atoms with E-state index < -0.39 is 0 Å². The third kappa shape index (κ3) is 3.23. The Morgan fingerprint density at radius 3 is 2.79 bits per heavy atom. The SMILES string of the molecule is COc1ccc(C#N)c(NCc2ccc(C)nc2)c1. The number of methoxy groups -OCH3 is 1. The molecule has 2 aromatic rings. The van der Waals surface area contributed by atoms with Crippen LogP contribution >= 0.6 is 0 Å². The van der Waals surface area contributed by atoms with Gasteiger partial charge in [0.1, 0.15) is 11.8 Å². The van der Waals surface area contributed by atoms with Gasteiger partial charge in [-0.3, -0.25) is 4.98 Å². The van der Waals surface area contributed by atoms with Crippen LogP contribution in [0.1, 0.15) is 16.8 Å². The predicted molar refractivity (Wildman–Crippen MR) is 74.0 cm³/mol. The molecular weight excluding hydrogens is 238 g/mol. The average Bonchev–Trinajstić information content (AvgIpc) is 2.46. The van der Waals surface area contributed by atoms with Crippen LogP contribution in [0.2, 0.25) is 0 Å². The van der Waals surface area contributed by atoms with Gasteiger partial charge in [0, 0.05) is 24.5 Å². The minimum absolute atomic E-state index is 0.598. The normalized spacial score (nSPS) is 9.74. The highest BCUT2D eigenvalue weighted by atomic mass is 16.5. The molecule has 1 aromatic carbocycles. The quantitative estimate of drug-likeness (QED) is 0.910. The van der Waals surface area contributed by atoms with E-state index in [-0.39, 0.29) is 0 Å². The molecule has 0 amide bonds. The topological polar surface area (TPSA) is 57.9 Å². The number of benzene rings is 1. The molecule has 1 aromatic heterocycles. The summed E-state index contributed by atoms with van der Waals surface area (Å²) in [5, 5.41) is 12.3. The summed E-state index contributed by atoms with van der Waals surface area (Å²) in [7, 11) is 1.61. The molecule has 96 valence electrons. The van der Waals surface area contributed by atoms with Crippen LogP contribution in [0.3, 0.4) is 0 Å². The molecule has 4 heteroatoms. The van der Waals surface area contributed by atoms with Crippen LogP contribution in [-0.2, 0) is 6.54 Å². The monoisotopic (exact) mass is 253 g/mol. The van der Waals surface area contributed by atoms with Crippen molar-refractivity contribution in [3.05, 3.63) is 53.3 Å². The Hall–Kier alpha value is -2.54. The fourth-order valence-electron chi connectivity index (χ4n) is 1.69. The second-order valence-corrected chi connectivity index (χ2v) is 4.18. The maximum Gasteiger partial charge on any atom is 0.121 e. The van der Waals surface area contributed by atoms with Gasteiger partial charge < -0.3 is 10.1 Å². The standard InChI is InChI=1S/C15H15N3O/c1-11-3-4-12(9-17-11)10-18-15-7-14(19-2)6-5-13(15)8-16/h3-7,9,18H,10H2,1-2H3. The van der Waals surface area contributed by atoms with Crippen molar-refractivity contribution >= 4 is 5.69 Å². The number of hydrogen-bond acceptors (Lipinski definition) is 4. The van der Waals surface area contributed by atoms with Gasteiger partial charge in [-0.1, -0.05) is 6.07 Å². The van der Waals surface area contributed by atoms with Crippen LogP contribution in [0.15, 0.2) is 36.5 Å². The van der Waals surface area contributed by atoms with Gasteiger partial charge in [-0.25, -0.2) is 0 Å². The highest BCUT2D eigenvalue weighted by Crippen LogP contribution is 2.22. The summed E-state index contributed by atoms with van der Waals surface area (Å²) >= 11 is 0. The van der Waals surface area contributed by atoms with Gasteiger partial charge in [-0.15, -0.1) is 0 Å². The van der Waals surface area contributed by atoms with E-state index in [1.54, 1.807) is 19.2 Å². The molecule has 0 aliphatic heterocycles. The number of hydrogen-bond donors (Lipinski definition) is 1. The van der Waals surface area contributed by atoms with Gasteiger partial charge in [0.2, 0.25) is 0 Å². The summed E-state index contributed by atoms with van der Waals surface area (Å²) < 4.78 is 5.16. The van der Waals surface area contributed by atoms with Gasteiger partial charge in [-0.05, 0) is 30.7 Å². The Kier molecular flexibility index (Phi) is 3.99. The Balaban J connectivity index is 2.14. The fourth-order valence-corrected chi connectivity index (χ4v) is 1.69. The molecule has 2 rings (SSSR count). The Morgan fingerprint density at radius 2 is 2.16 bits per heavy atom. The Morgan fingerprint density at radius 1 is 1.32 bits per heavy atom. The van der Waals surface area contributed by atoms with Gasteiger partial charge in [0.15, 0.2) is 0 Å². The smallest absolute Gasteiger partial charge is 0.121 e. The van der Waals surface area contributed by atoms with E-state index in [0.717, 1.165) is 22.7 Å².